The van der Waals surface area contributed by atoms with E-state index in [0.29, 0.717) is 12.0 Å². The highest BCUT2D eigenvalue weighted by molar-refractivity contribution is 5.81. The van der Waals surface area contributed by atoms with Crippen molar-refractivity contribution in [2.75, 3.05) is 14.1 Å². The molecule has 1 atom stereocenters. The first-order chi connectivity index (χ1) is 7.58. The predicted octanol–water partition coefficient (Wildman–Crippen LogP) is 0.841. The van der Waals surface area contributed by atoms with Crippen LogP contribution in [0.1, 0.15) is 5.56 Å². The molecule has 0 unspecified atom stereocenters. The van der Waals surface area contributed by atoms with Crippen LogP contribution in [0, 0.1) is 11.6 Å². The highest BCUT2D eigenvalue weighted by Crippen LogP contribution is 2.10. The summed E-state index contributed by atoms with van der Waals surface area (Å²) in [4.78, 5) is 11.4. The maximum Gasteiger partial charge on any atom is 0.237 e. The molecule has 0 heterocycles. The molecule has 0 bridgehead atoms. The number of carbonyl (C=O) groups excluding carboxylic acids is 1. The van der Waals surface area contributed by atoms with Crippen LogP contribution in [0.3, 0.4) is 0 Å². The first-order valence-corrected chi connectivity index (χ1v) is 4.91. The average molecular weight is 228 g/mol. The third-order valence-electron chi connectivity index (χ3n) is 2.34. The Bertz CT molecular complexity index is 382. The van der Waals surface area contributed by atoms with E-state index < -0.39 is 17.7 Å². The maximum absolute atomic E-state index is 12.9. The number of amides is 1. The molecular formula is C11H14F2N2O. The van der Waals surface area contributed by atoms with E-state index in [2.05, 4.69) is 10.6 Å². The lowest BCUT2D eigenvalue weighted by Gasteiger charge is -2.14. The fraction of sp³-hybridized carbons (Fsp3) is 0.364. The van der Waals surface area contributed by atoms with E-state index in [-0.39, 0.29) is 5.91 Å². The van der Waals surface area contributed by atoms with Crippen LogP contribution < -0.4 is 10.6 Å². The second kappa shape index (κ2) is 5.55. The monoisotopic (exact) mass is 228 g/mol. The summed E-state index contributed by atoms with van der Waals surface area (Å²) in [5.41, 5.74) is 0.571. The Kier molecular flexibility index (Phi) is 4.37. The van der Waals surface area contributed by atoms with Crippen molar-refractivity contribution < 1.29 is 13.6 Å². The number of nitrogens with one attached hydrogen (secondary N) is 2. The minimum atomic E-state index is -0.899. The molecule has 5 heteroatoms. The minimum Gasteiger partial charge on any atom is -0.358 e. The van der Waals surface area contributed by atoms with Gasteiger partial charge in [-0.2, -0.15) is 0 Å². The first kappa shape index (κ1) is 12.6. The minimum absolute atomic E-state index is 0.188. The molecule has 1 aromatic carbocycles. The van der Waals surface area contributed by atoms with Crippen molar-refractivity contribution in [1.29, 1.82) is 0 Å². The van der Waals surface area contributed by atoms with Gasteiger partial charge in [-0.15, -0.1) is 0 Å². The third-order valence-corrected chi connectivity index (χ3v) is 2.34. The number of halogens is 2. The van der Waals surface area contributed by atoms with Crippen LogP contribution in [0.25, 0.3) is 0 Å². The van der Waals surface area contributed by atoms with E-state index in [0.717, 1.165) is 12.1 Å². The molecule has 16 heavy (non-hydrogen) atoms. The average Bonchev–Trinajstić information content (AvgIpc) is 2.29. The first-order valence-electron chi connectivity index (χ1n) is 4.91. The zero-order chi connectivity index (χ0) is 12.1. The van der Waals surface area contributed by atoms with Crippen LogP contribution in [0.4, 0.5) is 8.78 Å². The topological polar surface area (TPSA) is 41.1 Å². The van der Waals surface area contributed by atoms with E-state index in [4.69, 9.17) is 0 Å². The Labute approximate surface area is 92.8 Å². The summed E-state index contributed by atoms with van der Waals surface area (Å²) >= 11 is 0. The van der Waals surface area contributed by atoms with Gasteiger partial charge in [0.05, 0.1) is 6.04 Å². The van der Waals surface area contributed by atoms with E-state index in [1.54, 1.807) is 7.05 Å². The van der Waals surface area contributed by atoms with Crippen LogP contribution in [0.2, 0.25) is 0 Å². The van der Waals surface area contributed by atoms with Crippen LogP contribution in [-0.2, 0) is 11.2 Å². The molecule has 0 radical (unpaired) electrons. The van der Waals surface area contributed by atoms with E-state index in [1.807, 2.05) is 0 Å². The van der Waals surface area contributed by atoms with Gasteiger partial charge >= 0.3 is 0 Å². The molecule has 0 fully saturated rings. The van der Waals surface area contributed by atoms with Crippen molar-refractivity contribution >= 4 is 5.91 Å². The molecule has 1 amide bonds. The number of rotatable bonds is 4. The summed E-state index contributed by atoms with van der Waals surface area (Å²) in [6, 6.07) is 3.17. The molecular weight excluding hydrogens is 214 g/mol. The predicted molar refractivity (Wildman–Crippen MR) is 57.0 cm³/mol. The Morgan fingerprint density at radius 1 is 1.31 bits per heavy atom. The number of carbonyl (C=O) groups is 1. The van der Waals surface area contributed by atoms with Crippen LogP contribution >= 0.6 is 0 Å². The van der Waals surface area contributed by atoms with Crippen molar-refractivity contribution in [1.82, 2.24) is 10.6 Å². The van der Waals surface area contributed by atoms with Gasteiger partial charge in [0.1, 0.15) is 0 Å². The summed E-state index contributed by atoms with van der Waals surface area (Å²) in [5.74, 6) is -1.97. The van der Waals surface area contributed by atoms with Gasteiger partial charge in [-0.3, -0.25) is 4.79 Å². The molecule has 1 aromatic rings. The zero-order valence-electron chi connectivity index (χ0n) is 9.18. The quantitative estimate of drug-likeness (QED) is 0.802. The molecule has 0 aromatic heterocycles. The molecule has 0 saturated carbocycles. The van der Waals surface area contributed by atoms with Gasteiger partial charge in [-0.05, 0) is 31.2 Å². The number of benzene rings is 1. The van der Waals surface area contributed by atoms with Gasteiger partial charge in [0.25, 0.3) is 0 Å². The smallest absolute Gasteiger partial charge is 0.237 e. The van der Waals surface area contributed by atoms with Gasteiger partial charge in [-0.1, -0.05) is 6.07 Å². The standard InChI is InChI=1S/C11H14F2N2O/c1-14-10(11(16)15-2)6-7-3-4-8(12)9(13)5-7/h3-5,10,14H,6H2,1-2H3,(H,15,16)/t10-/m1/s1. The van der Waals surface area contributed by atoms with Crippen molar-refractivity contribution in [3.05, 3.63) is 35.4 Å². The summed E-state index contributed by atoms with van der Waals surface area (Å²) in [6.45, 7) is 0. The van der Waals surface area contributed by atoms with Gasteiger partial charge in [0, 0.05) is 7.05 Å². The molecule has 3 nitrogen and oxygen atoms in total. The van der Waals surface area contributed by atoms with Crippen molar-refractivity contribution in [2.24, 2.45) is 0 Å². The summed E-state index contributed by atoms with van der Waals surface area (Å²) < 4.78 is 25.6. The van der Waals surface area contributed by atoms with Crippen LogP contribution in [0.5, 0.6) is 0 Å². The molecule has 2 N–H and O–H groups in total. The summed E-state index contributed by atoms with van der Waals surface area (Å²) in [6.07, 6.45) is 0.313. The largest absolute Gasteiger partial charge is 0.358 e. The Balaban J connectivity index is 2.78. The van der Waals surface area contributed by atoms with E-state index in [1.165, 1.54) is 13.1 Å². The lowest BCUT2D eigenvalue weighted by Crippen LogP contribution is -2.42. The zero-order valence-corrected chi connectivity index (χ0v) is 9.18. The molecule has 0 aliphatic rings. The highest BCUT2D eigenvalue weighted by atomic mass is 19.2. The molecule has 1 rings (SSSR count). The number of hydrogen-bond donors (Lipinski definition) is 2. The maximum atomic E-state index is 12.9. The fourth-order valence-electron chi connectivity index (χ4n) is 1.40. The third kappa shape index (κ3) is 3.00. The van der Waals surface area contributed by atoms with Gasteiger partial charge in [0.15, 0.2) is 11.6 Å². The van der Waals surface area contributed by atoms with Gasteiger partial charge in [-0.25, -0.2) is 8.78 Å². The van der Waals surface area contributed by atoms with Gasteiger partial charge < -0.3 is 10.6 Å². The van der Waals surface area contributed by atoms with Crippen molar-refractivity contribution in [3.8, 4) is 0 Å². The summed E-state index contributed by atoms with van der Waals surface area (Å²) in [5, 5.41) is 5.30. The Morgan fingerprint density at radius 2 is 2.00 bits per heavy atom. The number of hydrogen-bond acceptors (Lipinski definition) is 2. The lowest BCUT2D eigenvalue weighted by molar-refractivity contribution is -0.122. The molecule has 0 aliphatic heterocycles. The Morgan fingerprint density at radius 3 is 2.50 bits per heavy atom. The second-order valence-corrected chi connectivity index (χ2v) is 3.41. The second-order valence-electron chi connectivity index (χ2n) is 3.41. The van der Waals surface area contributed by atoms with E-state index in [9.17, 15) is 13.6 Å². The van der Waals surface area contributed by atoms with Crippen molar-refractivity contribution in [3.63, 3.8) is 0 Å². The van der Waals surface area contributed by atoms with Crippen LogP contribution in [0.15, 0.2) is 18.2 Å². The van der Waals surface area contributed by atoms with Gasteiger partial charge in [0.2, 0.25) is 5.91 Å². The van der Waals surface area contributed by atoms with Crippen LogP contribution in [-0.4, -0.2) is 26.0 Å². The number of likely N-dealkylation sites (N-methyl/N-ethyl adjacent to an activating group) is 2. The molecule has 0 saturated heterocycles. The lowest BCUT2D eigenvalue weighted by atomic mass is 10.1. The normalized spacial score (nSPS) is 12.2. The van der Waals surface area contributed by atoms with E-state index >= 15 is 0 Å². The molecule has 88 valence electrons. The Hall–Kier alpha value is -1.49. The van der Waals surface area contributed by atoms with Crippen molar-refractivity contribution in [2.45, 2.75) is 12.5 Å². The fourth-order valence-corrected chi connectivity index (χ4v) is 1.40. The molecule has 0 aliphatic carbocycles. The summed E-state index contributed by atoms with van der Waals surface area (Å²) in [7, 11) is 3.16. The molecule has 0 spiro atoms. The SMILES string of the molecule is CNC(=O)[C@@H](Cc1ccc(F)c(F)c1)NC. The highest BCUT2D eigenvalue weighted by Gasteiger charge is 2.15.